The molecule has 0 unspecified atom stereocenters. The van der Waals surface area contributed by atoms with E-state index in [1.807, 2.05) is 44.2 Å². The maximum atomic E-state index is 11.9. The maximum Gasteiger partial charge on any atom is 0.297 e. The van der Waals surface area contributed by atoms with Crippen LogP contribution in [-0.4, -0.2) is 27.2 Å². The molecule has 0 spiro atoms. The van der Waals surface area contributed by atoms with Gasteiger partial charge >= 0.3 is 0 Å². The van der Waals surface area contributed by atoms with E-state index in [0.29, 0.717) is 6.42 Å². The highest BCUT2D eigenvalue weighted by Crippen LogP contribution is 2.17. The lowest BCUT2D eigenvalue weighted by atomic mass is 9.99. The lowest BCUT2D eigenvalue weighted by Gasteiger charge is -2.23. The molecular weight excluding hydrogens is 328 g/mol. The number of hydrogen-bond donors (Lipinski definition) is 0. The van der Waals surface area contributed by atoms with E-state index in [0.717, 1.165) is 5.56 Å². The molecule has 0 aliphatic heterocycles. The molecule has 0 aliphatic rings. The van der Waals surface area contributed by atoms with Crippen molar-refractivity contribution < 1.29 is 22.4 Å². The molecule has 0 radical (unpaired) electrons. The maximum absolute atomic E-state index is 11.9. The number of benzene rings is 2. The van der Waals surface area contributed by atoms with Gasteiger partial charge in [0.2, 0.25) is 0 Å². The zero-order valence-corrected chi connectivity index (χ0v) is 14.7. The Morgan fingerprint density at radius 2 is 1.46 bits per heavy atom. The minimum absolute atomic E-state index is 0.0181. The van der Waals surface area contributed by atoms with Crippen molar-refractivity contribution >= 4 is 10.1 Å². The number of rotatable bonds is 9. The Morgan fingerprint density at radius 1 is 0.875 bits per heavy atom. The molecule has 0 bridgehead atoms. The van der Waals surface area contributed by atoms with Gasteiger partial charge in [-0.3, -0.25) is 4.18 Å². The van der Waals surface area contributed by atoms with Crippen LogP contribution in [0.15, 0.2) is 65.6 Å². The second kappa shape index (κ2) is 8.39. The fraction of sp³-hybridized carbons (Fsp3) is 0.333. The van der Waals surface area contributed by atoms with E-state index in [1.54, 1.807) is 18.2 Å². The molecule has 0 atom stereocenters. The molecule has 6 heteroatoms. The Labute approximate surface area is 143 Å². The van der Waals surface area contributed by atoms with E-state index in [4.69, 9.17) is 14.0 Å². The summed E-state index contributed by atoms with van der Waals surface area (Å²) >= 11 is 0. The average Bonchev–Trinajstić information content (AvgIpc) is 2.55. The lowest BCUT2D eigenvalue weighted by Crippen LogP contribution is -2.28. The molecule has 0 aromatic heterocycles. The quantitative estimate of drug-likeness (QED) is 0.300. The predicted octanol–water partition coefficient (Wildman–Crippen LogP) is 3.36. The van der Waals surface area contributed by atoms with Gasteiger partial charge in [-0.2, -0.15) is 8.42 Å². The second-order valence-corrected chi connectivity index (χ2v) is 7.53. The molecule has 0 saturated carbocycles. The molecule has 0 fully saturated rings. The zero-order chi connectivity index (χ0) is 17.5. The summed E-state index contributed by atoms with van der Waals surface area (Å²) in [5.74, 6) is 0. The molecular formula is C18H22O5S. The van der Waals surface area contributed by atoms with Gasteiger partial charge < -0.3 is 0 Å². The van der Waals surface area contributed by atoms with Crippen molar-refractivity contribution in [2.45, 2.75) is 30.8 Å². The highest BCUT2D eigenvalue weighted by molar-refractivity contribution is 7.86. The summed E-state index contributed by atoms with van der Waals surface area (Å²) in [7, 11) is -3.76. The van der Waals surface area contributed by atoms with E-state index in [1.165, 1.54) is 12.1 Å². The normalized spacial score (nSPS) is 12.2. The van der Waals surface area contributed by atoms with Gasteiger partial charge in [-0.25, -0.2) is 9.78 Å². The van der Waals surface area contributed by atoms with E-state index in [2.05, 4.69) is 0 Å². The van der Waals surface area contributed by atoms with E-state index in [9.17, 15) is 8.42 Å². The molecule has 2 rings (SSSR count). The molecule has 5 nitrogen and oxygen atoms in total. The minimum Gasteiger partial charge on any atom is -0.264 e. The van der Waals surface area contributed by atoms with Crippen LogP contribution in [0.4, 0.5) is 0 Å². The first-order valence-electron chi connectivity index (χ1n) is 7.68. The van der Waals surface area contributed by atoms with Crippen LogP contribution in [-0.2, 0) is 30.5 Å². The summed E-state index contributed by atoms with van der Waals surface area (Å²) in [5, 5.41) is 0. The van der Waals surface area contributed by atoms with Crippen LogP contribution in [0.25, 0.3) is 0 Å². The summed E-state index contributed by atoms with van der Waals surface area (Å²) < 4.78 is 28.7. The van der Waals surface area contributed by atoms with Gasteiger partial charge in [-0.05, 0) is 31.5 Å². The van der Waals surface area contributed by atoms with Crippen LogP contribution < -0.4 is 0 Å². The summed E-state index contributed by atoms with van der Waals surface area (Å²) in [5.41, 5.74) is 0.605. The van der Waals surface area contributed by atoms with Gasteiger partial charge in [-0.1, -0.05) is 48.5 Å². The SMILES string of the molecule is CC(C)(Cc1ccccc1)OOCCOS(=O)(=O)c1ccccc1. The van der Waals surface area contributed by atoms with E-state index < -0.39 is 15.7 Å². The summed E-state index contributed by atoms with van der Waals surface area (Å²) in [6.07, 6.45) is 0.678. The fourth-order valence-corrected chi connectivity index (χ4v) is 3.07. The third-order valence-electron chi connectivity index (χ3n) is 3.19. The Hall–Kier alpha value is -1.73. The molecule has 0 heterocycles. The van der Waals surface area contributed by atoms with Gasteiger partial charge in [0, 0.05) is 6.42 Å². The average molecular weight is 350 g/mol. The van der Waals surface area contributed by atoms with Gasteiger partial charge in [0.1, 0.15) is 12.2 Å². The Morgan fingerprint density at radius 3 is 2.08 bits per heavy atom. The third-order valence-corrected chi connectivity index (χ3v) is 4.52. The van der Waals surface area contributed by atoms with Crippen molar-refractivity contribution in [1.29, 1.82) is 0 Å². The molecule has 2 aromatic carbocycles. The fourth-order valence-electron chi connectivity index (χ4n) is 2.15. The summed E-state index contributed by atoms with van der Waals surface area (Å²) in [6.45, 7) is 3.71. The van der Waals surface area contributed by atoms with Crippen molar-refractivity contribution in [2.75, 3.05) is 13.2 Å². The first-order valence-corrected chi connectivity index (χ1v) is 9.09. The summed E-state index contributed by atoms with van der Waals surface area (Å²) in [4.78, 5) is 10.6. The van der Waals surface area contributed by atoms with Crippen molar-refractivity contribution in [2.24, 2.45) is 0 Å². The van der Waals surface area contributed by atoms with Crippen molar-refractivity contribution in [3.8, 4) is 0 Å². The molecule has 2 aromatic rings. The van der Waals surface area contributed by atoms with Crippen LogP contribution in [0.3, 0.4) is 0 Å². The van der Waals surface area contributed by atoms with E-state index >= 15 is 0 Å². The molecule has 130 valence electrons. The zero-order valence-electron chi connectivity index (χ0n) is 13.8. The van der Waals surface area contributed by atoms with Crippen LogP contribution in [0.2, 0.25) is 0 Å². The third kappa shape index (κ3) is 6.05. The van der Waals surface area contributed by atoms with Gasteiger partial charge in [0.05, 0.1) is 11.5 Å². The first-order chi connectivity index (χ1) is 11.4. The van der Waals surface area contributed by atoms with Gasteiger partial charge in [0.15, 0.2) is 0 Å². The van der Waals surface area contributed by atoms with Crippen LogP contribution >= 0.6 is 0 Å². The standard InChI is InChI=1S/C18H22O5S/c1-18(2,15-16-9-5-3-6-10-16)23-21-13-14-22-24(19,20)17-11-7-4-8-12-17/h3-12H,13-15H2,1-2H3. The summed E-state index contributed by atoms with van der Waals surface area (Å²) in [6, 6.07) is 17.9. The van der Waals surface area contributed by atoms with E-state index in [-0.39, 0.29) is 18.1 Å². The van der Waals surface area contributed by atoms with Crippen LogP contribution in [0.5, 0.6) is 0 Å². The lowest BCUT2D eigenvalue weighted by molar-refractivity contribution is -0.354. The van der Waals surface area contributed by atoms with Crippen LogP contribution in [0.1, 0.15) is 19.4 Å². The Kier molecular flexibility index (Phi) is 6.51. The van der Waals surface area contributed by atoms with Crippen LogP contribution in [0, 0.1) is 0 Å². The van der Waals surface area contributed by atoms with Gasteiger partial charge in [0.25, 0.3) is 10.1 Å². The Bertz CT molecular complexity index is 712. The predicted molar refractivity (Wildman–Crippen MR) is 90.8 cm³/mol. The topological polar surface area (TPSA) is 61.8 Å². The van der Waals surface area contributed by atoms with Crippen molar-refractivity contribution in [3.63, 3.8) is 0 Å². The van der Waals surface area contributed by atoms with Crippen molar-refractivity contribution in [1.82, 2.24) is 0 Å². The highest BCUT2D eigenvalue weighted by Gasteiger charge is 2.21. The smallest absolute Gasteiger partial charge is 0.264 e. The second-order valence-electron chi connectivity index (χ2n) is 5.92. The highest BCUT2D eigenvalue weighted by atomic mass is 32.2. The largest absolute Gasteiger partial charge is 0.297 e. The molecule has 0 aliphatic carbocycles. The molecule has 0 amide bonds. The monoisotopic (exact) mass is 350 g/mol. The molecule has 0 saturated heterocycles. The van der Waals surface area contributed by atoms with Gasteiger partial charge in [-0.15, -0.1) is 0 Å². The Balaban J connectivity index is 1.73. The molecule has 24 heavy (non-hydrogen) atoms. The molecule has 0 N–H and O–H groups in total. The van der Waals surface area contributed by atoms with Crippen molar-refractivity contribution in [3.05, 3.63) is 66.2 Å². The number of hydrogen-bond acceptors (Lipinski definition) is 5. The first kappa shape index (κ1) is 18.6. The minimum atomic E-state index is -3.76.